The Labute approximate surface area is 103 Å². The first-order chi connectivity index (χ1) is 7.64. The van der Waals surface area contributed by atoms with Crippen molar-refractivity contribution < 1.29 is 14.3 Å². The first kappa shape index (κ1) is 14.0. The van der Waals surface area contributed by atoms with Gasteiger partial charge >= 0.3 is 6.09 Å². The highest BCUT2D eigenvalue weighted by atomic mass is 16.6. The fourth-order valence-corrected chi connectivity index (χ4v) is 1.95. The Kier molecular flexibility index (Phi) is 3.84. The summed E-state index contributed by atoms with van der Waals surface area (Å²) in [4.78, 5) is 24.8. The molecular weight excluding hydrogens is 218 g/mol. The first-order valence-electron chi connectivity index (χ1n) is 6.13. The number of ketones is 1. The van der Waals surface area contributed by atoms with Gasteiger partial charge in [-0.3, -0.25) is 4.79 Å². The lowest BCUT2D eigenvalue weighted by Gasteiger charge is -2.41. The minimum absolute atomic E-state index is 0.254. The molecule has 0 spiro atoms. The van der Waals surface area contributed by atoms with Gasteiger partial charge in [0.15, 0.2) is 0 Å². The maximum absolute atomic E-state index is 12.0. The van der Waals surface area contributed by atoms with Gasteiger partial charge in [0, 0.05) is 25.4 Å². The van der Waals surface area contributed by atoms with Gasteiger partial charge in [-0.05, 0) is 40.5 Å². The predicted molar refractivity (Wildman–Crippen MR) is 65.9 cm³/mol. The smallest absolute Gasteiger partial charge is 0.410 e. The molecular formula is C13H23NO3. The van der Waals surface area contributed by atoms with E-state index in [1.54, 1.807) is 11.9 Å². The number of carbonyl (C=O) groups is 2. The lowest BCUT2D eigenvalue weighted by atomic mass is 9.82. The Morgan fingerprint density at radius 2 is 1.76 bits per heavy atom. The number of ether oxygens (including phenoxy) is 1. The molecule has 17 heavy (non-hydrogen) atoms. The summed E-state index contributed by atoms with van der Waals surface area (Å²) in [6.45, 7) is 7.58. The van der Waals surface area contributed by atoms with E-state index in [0.29, 0.717) is 18.6 Å². The Hall–Kier alpha value is -1.06. The molecule has 1 fully saturated rings. The molecule has 1 aliphatic carbocycles. The van der Waals surface area contributed by atoms with Crippen molar-refractivity contribution in [3.05, 3.63) is 0 Å². The topological polar surface area (TPSA) is 46.6 Å². The van der Waals surface area contributed by atoms with Gasteiger partial charge in [-0.25, -0.2) is 4.79 Å². The van der Waals surface area contributed by atoms with Crippen LogP contribution in [0.1, 0.15) is 53.4 Å². The van der Waals surface area contributed by atoms with Crippen LogP contribution in [0.2, 0.25) is 0 Å². The second-order valence-electron chi connectivity index (χ2n) is 6.07. The van der Waals surface area contributed by atoms with Crippen molar-refractivity contribution in [2.75, 3.05) is 7.05 Å². The van der Waals surface area contributed by atoms with Crippen molar-refractivity contribution in [3.63, 3.8) is 0 Å². The zero-order chi connectivity index (χ0) is 13.3. The van der Waals surface area contributed by atoms with Crippen LogP contribution in [0, 0.1) is 0 Å². The Morgan fingerprint density at radius 1 is 1.29 bits per heavy atom. The van der Waals surface area contributed by atoms with Crippen LogP contribution in [0.3, 0.4) is 0 Å². The molecule has 1 amide bonds. The summed E-state index contributed by atoms with van der Waals surface area (Å²) in [6.07, 6.45) is 2.26. The van der Waals surface area contributed by atoms with E-state index in [2.05, 4.69) is 0 Å². The molecule has 0 unspecified atom stereocenters. The van der Waals surface area contributed by atoms with Gasteiger partial charge in [-0.15, -0.1) is 0 Å². The number of amides is 1. The molecule has 0 aliphatic heterocycles. The molecule has 4 nitrogen and oxygen atoms in total. The van der Waals surface area contributed by atoms with Gasteiger partial charge in [0.05, 0.1) is 0 Å². The fourth-order valence-electron chi connectivity index (χ4n) is 1.95. The minimum Gasteiger partial charge on any atom is -0.444 e. The highest BCUT2D eigenvalue weighted by Crippen LogP contribution is 2.31. The average molecular weight is 241 g/mol. The molecule has 0 bridgehead atoms. The van der Waals surface area contributed by atoms with Crippen LogP contribution >= 0.6 is 0 Å². The molecule has 0 heterocycles. The van der Waals surface area contributed by atoms with Gasteiger partial charge in [-0.2, -0.15) is 0 Å². The molecule has 0 radical (unpaired) electrons. The van der Waals surface area contributed by atoms with Crippen molar-refractivity contribution in [3.8, 4) is 0 Å². The van der Waals surface area contributed by atoms with Crippen LogP contribution < -0.4 is 0 Å². The van der Waals surface area contributed by atoms with Crippen LogP contribution in [-0.4, -0.2) is 35.0 Å². The second-order valence-corrected chi connectivity index (χ2v) is 6.07. The molecule has 1 aliphatic rings. The molecule has 1 saturated carbocycles. The Balaban J connectivity index is 2.65. The van der Waals surface area contributed by atoms with Gasteiger partial charge < -0.3 is 9.64 Å². The zero-order valence-electron chi connectivity index (χ0n) is 11.5. The van der Waals surface area contributed by atoms with E-state index in [1.807, 2.05) is 27.7 Å². The standard InChI is InChI=1S/C13H23NO3/c1-12(2,3)17-11(16)14(5)13(4)8-6-10(15)7-9-13/h6-9H2,1-5H3. The van der Waals surface area contributed by atoms with Crippen LogP contribution in [0.5, 0.6) is 0 Å². The SMILES string of the molecule is CN(C(=O)OC(C)(C)C)C1(C)CCC(=O)CC1. The number of Topliss-reactive ketones (excluding diaryl/α,β-unsaturated/α-hetero) is 1. The summed E-state index contributed by atoms with van der Waals surface area (Å²) >= 11 is 0. The van der Waals surface area contributed by atoms with Gasteiger partial charge in [-0.1, -0.05) is 0 Å². The number of hydrogen-bond acceptors (Lipinski definition) is 3. The third kappa shape index (κ3) is 3.72. The average Bonchev–Trinajstić information content (AvgIpc) is 2.19. The molecule has 0 saturated heterocycles. The highest BCUT2D eigenvalue weighted by molar-refractivity contribution is 5.80. The van der Waals surface area contributed by atoms with Crippen molar-refractivity contribution in [2.45, 2.75) is 64.5 Å². The number of hydrogen-bond donors (Lipinski definition) is 0. The van der Waals surface area contributed by atoms with Crippen molar-refractivity contribution in [1.29, 1.82) is 0 Å². The molecule has 1 rings (SSSR count). The van der Waals surface area contributed by atoms with E-state index >= 15 is 0 Å². The molecule has 0 N–H and O–H groups in total. The van der Waals surface area contributed by atoms with Crippen molar-refractivity contribution in [1.82, 2.24) is 4.90 Å². The largest absolute Gasteiger partial charge is 0.444 e. The number of carbonyl (C=O) groups excluding carboxylic acids is 2. The van der Waals surface area contributed by atoms with Crippen LogP contribution in [-0.2, 0) is 9.53 Å². The fraction of sp³-hybridized carbons (Fsp3) is 0.846. The summed E-state index contributed by atoms with van der Waals surface area (Å²) in [5, 5.41) is 0. The number of rotatable bonds is 1. The van der Waals surface area contributed by atoms with Crippen LogP contribution in [0.15, 0.2) is 0 Å². The first-order valence-corrected chi connectivity index (χ1v) is 6.13. The maximum Gasteiger partial charge on any atom is 0.410 e. The summed E-state index contributed by atoms with van der Waals surface area (Å²) in [6, 6.07) is 0. The summed E-state index contributed by atoms with van der Waals surface area (Å²) < 4.78 is 5.35. The molecule has 0 aromatic rings. The quantitative estimate of drug-likeness (QED) is 0.709. The Morgan fingerprint density at radius 3 is 2.18 bits per heavy atom. The third-order valence-electron chi connectivity index (χ3n) is 3.36. The summed E-state index contributed by atoms with van der Waals surface area (Å²) in [5.41, 5.74) is -0.734. The second kappa shape index (κ2) is 4.67. The van der Waals surface area contributed by atoms with E-state index in [-0.39, 0.29) is 11.6 Å². The van der Waals surface area contributed by atoms with Crippen LogP contribution in [0.4, 0.5) is 4.79 Å². The lowest BCUT2D eigenvalue weighted by Crippen LogP contribution is -2.51. The van der Waals surface area contributed by atoms with Gasteiger partial charge in [0.25, 0.3) is 0 Å². The molecule has 0 atom stereocenters. The molecule has 0 aromatic carbocycles. The summed E-state index contributed by atoms with van der Waals surface area (Å²) in [7, 11) is 1.75. The lowest BCUT2D eigenvalue weighted by molar-refractivity contribution is -0.122. The highest BCUT2D eigenvalue weighted by Gasteiger charge is 2.37. The number of nitrogens with zero attached hydrogens (tertiary/aromatic N) is 1. The summed E-state index contributed by atoms with van der Waals surface area (Å²) in [5.74, 6) is 0.292. The molecule has 4 heteroatoms. The minimum atomic E-state index is -0.480. The van der Waals surface area contributed by atoms with E-state index in [9.17, 15) is 9.59 Å². The maximum atomic E-state index is 12.0. The van der Waals surface area contributed by atoms with Crippen molar-refractivity contribution in [2.24, 2.45) is 0 Å². The zero-order valence-corrected chi connectivity index (χ0v) is 11.5. The van der Waals surface area contributed by atoms with Crippen molar-refractivity contribution >= 4 is 11.9 Å². The molecule has 98 valence electrons. The van der Waals surface area contributed by atoms with E-state index in [4.69, 9.17) is 4.74 Å². The van der Waals surface area contributed by atoms with E-state index in [1.165, 1.54) is 0 Å². The molecule has 0 aromatic heterocycles. The van der Waals surface area contributed by atoms with Gasteiger partial charge in [0.1, 0.15) is 11.4 Å². The van der Waals surface area contributed by atoms with Crippen LogP contribution in [0.25, 0.3) is 0 Å². The predicted octanol–water partition coefficient (Wildman–Crippen LogP) is 2.76. The third-order valence-corrected chi connectivity index (χ3v) is 3.36. The normalized spacial score (nSPS) is 19.9. The van der Waals surface area contributed by atoms with E-state index in [0.717, 1.165) is 12.8 Å². The Bertz CT molecular complexity index is 307. The monoisotopic (exact) mass is 241 g/mol. The van der Waals surface area contributed by atoms with Gasteiger partial charge in [0.2, 0.25) is 0 Å². The van der Waals surface area contributed by atoms with E-state index < -0.39 is 5.60 Å².